The van der Waals surface area contributed by atoms with Gasteiger partial charge in [0.1, 0.15) is 0 Å². The van der Waals surface area contributed by atoms with Crippen LogP contribution in [-0.2, 0) is 9.47 Å². The normalized spacial score (nSPS) is 9.89. The minimum Gasteiger partial charge on any atom is -0.461 e. The van der Waals surface area contributed by atoms with Crippen molar-refractivity contribution in [3.05, 3.63) is 21.5 Å². The maximum atomic E-state index is 11.4. The summed E-state index contributed by atoms with van der Waals surface area (Å²) in [5, 5.41) is 16.4. The number of aromatic nitrogens is 2. The molecule has 0 aromatic carbocycles. The standard InChI is InChI=1S/C9H11N3O6/c1-3-17-8(13)5-7(12(15)16)6(11-10-5)9(14)18-4-2/h3-4H2,1-2H3,(H,10,11). The number of nitrogens with one attached hydrogen (secondary N) is 1. The number of carbonyl (C=O) groups excluding carboxylic acids is 2. The largest absolute Gasteiger partial charge is 0.461 e. The molecule has 0 radical (unpaired) electrons. The van der Waals surface area contributed by atoms with Crippen molar-refractivity contribution in [2.45, 2.75) is 13.8 Å². The summed E-state index contributed by atoms with van der Waals surface area (Å²) in [4.78, 5) is 32.8. The van der Waals surface area contributed by atoms with Gasteiger partial charge in [0.2, 0.25) is 11.4 Å². The van der Waals surface area contributed by atoms with Crippen LogP contribution in [0.3, 0.4) is 0 Å². The van der Waals surface area contributed by atoms with Crippen LogP contribution >= 0.6 is 0 Å². The first kappa shape index (κ1) is 13.6. The van der Waals surface area contributed by atoms with Crippen LogP contribution in [0, 0.1) is 10.1 Å². The van der Waals surface area contributed by atoms with Crippen molar-refractivity contribution in [3.8, 4) is 0 Å². The number of ether oxygens (including phenoxy) is 2. The lowest BCUT2D eigenvalue weighted by atomic mass is 10.3. The van der Waals surface area contributed by atoms with E-state index in [9.17, 15) is 19.7 Å². The van der Waals surface area contributed by atoms with E-state index in [4.69, 9.17) is 0 Å². The van der Waals surface area contributed by atoms with E-state index in [1.54, 1.807) is 13.8 Å². The van der Waals surface area contributed by atoms with Gasteiger partial charge >= 0.3 is 17.6 Å². The molecule has 0 bridgehead atoms. The van der Waals surface area contributed by atoms with E-state index in [1.807, 2.05) is 0 Å². The van der Waals surface area contributed by atoms with E-state index in [0.29, 0.717) is 0 Å². The van der Waals surface area contributed by atoms with Gasteiger partial charge in [-0.1, -0.05) is 0 Å². The average molecular weight is 257 g/mol. The number of hydrogen-bond donors (Lipinski definition) is 1. The topological polar surface area (TPSA) is 124 Å². The highest BCUT2D eigenvalue weighted by atomic mass is 16.6. The fourth-order valence-electron chi connectivity index (χ4n) is 1.20. The molecular formula is C9H11N3O6. The molecule has 98 valence electrons. The van der Waals surface area contributed by atoms with E-state index < -0.39 is 33.9 Å². The van der Waals surface area contributed by atoms with Crippen LogP contribution in [0.2, 0.25) is 0 Å². The lowest BCUT2D eigenvalue weighted by molar-refractivity contribution is -0.385. The number of carbonyl (C=O) groups is 2. The van der Waals surface area contributed by atoms with Gasteiger partial charge in [-0.2, -0.15) is 5.10 Å². The second-order valence-corrected chi connectivity index (χ2v) is 2.99. The third-order valence-corrected chi connectivity index (χ3v) is 1.87. The molecule has 0 saturated heterocycles. The number of esters is 2. The molecule has 0 aliphatic rings. The van der Waals surface area contributed by atoms with Crippen molar-refractivity contribution in [2.75, 3.05) is 13.2 Å². The third-order valence-electron chi connectivity index (χ3n) is 1.87. The minimum absolute atomic E-state index is 0.0393. The van der Waals surface area contributed by atoms with Gasteiger partial charge in [-0.05, 0) is 13.8 Å². The van der Waals surface area contributed by atoms with Crippen molar-refractivity contribution in [3.63, 3.8) is 0 Å². The summed E-state index contributed by atoms with van der Waals surface area (Å²) < 4.78 is 9.20. The Hall–Kier alpha value is -2.45. The van der Waals surface area contributed by atoms with Gasteiger partial charge in [0.05, 0.1) is 18.1 Å². The maximum absolute atomic E-state index is 11.4. The molecule has 1 N–H and O–H groups in total. The summed E-state index contributed by atoms with van der Waals surface area (Å²) in [7, 11) is 0. The molecule has 0 spiro atoms. The average Bonchev–Trinajstić information content (AvgIpc) is 2.74. The maximum Gasteiger partial charge on any atom is 0.366 e. The van der Waals surface area contributed by atoms with Gasteiger partial charge in [-0.25, -0.2) is 9.59 Å². The SMILES string of the molecule is CCOC(=O)c1n[nH]c(C(=O)OCC)c1[N+](=O)[O-]. The number of hydrogen-bond acceptors (Lipinski definition) is 7. The summed E-state index contributed by atoms with van der Waals surface area (Å²) in [5.74, 6) is -1.93. The zero-order valence-corrected chi connectivity index (χ0v) is 9.76. The number of nitrogens with zero attached hydrogens (tertiary/aromatic N) is 2. The van der Waals surface area contributed by atoms with Crippen molar-refractivity contribution >= 4 is 17.6 Å². The summed E-state index contributed by atoms with van der Waals surface area (Å²) in [6.45, 7) is 3.18. The first-order valence-corrected chi connectivity index (χ1v) is 5.09. The summed E-state index contributed by atoms with van der Waals surface area (Å²) in [6.07, 6.45) is 0. The predicted molar refractivity (Wildman–Crippen MR) is 57.2 cm³/mol. The Morgan fingerprint density at radius 2 is 1.83 bits per heavy atom. The highest BCUT2D eigenvalue weighted by molar-refractivity contribution is 5.99. The van der Waals surface area contributed by atoms with Crippen LogP contribution in [0.1, 0.15) is 34.8 Å². The summed E-state index contributed by atoms with van der Waals surface area (Å²) in [6, 6.07) is 0. The molecule has 0 saturated carbocycles. The molecule has 1 heterocycles. The molecule has 0 atom stereocenters. The Morgan fingerprint density at radius 3 is 2.33 bits per heavy atom. The van der Waals surface area contributed by atoms with Crippen LogP contribution in [-0.4, -0.2) is 40.3 Å². The van der Waals surface area contributed by atoms with Gasteiger partial charge in [-0.15, -0.1) is 0 Å². The fraction of sp³-hybridized carbons (Fsp3) is 0.444. The van der Waals surface area contributed by atoms with E-state index in [2.05, 4.69) is 19.7 Å². The first-order chi connectivity index (χ1) is 8.52. The van der Waals surface area contributed by atoms with Gasteiger partial charge < -0.3 is 9.47 Å². The number of nitro groups is 1. The second kappa shape index (κ2) is 5.75. The van der Waals surface area contributed by atoms with Gasteiger partial charge in [0, 0.05) is 0 Å². The van der Waals surface area contributed by atoms with Crippen molar-refractivity contribution in [1.82, 2.24) is 10.2 Å². The van der Waals surface area contributed by atoms with Gasteiger partial charge in [-0.3, -0.25) is 15.2 Å². The molecule has 0 fully saturated rings. The van der Waals surface area contributed by atoms with Crippen LogP contribution in [0.4, 0.5) is 5.69 Å². The van der Waals surface area contributed by atoms with Crippen LogP contribution in [0.5, 0.6) is 0 Å². The quantitative estimate of drug-likeness (QED) is 0.466. The van der Waals surface area contributed by atoms with Crippen molar-refractivity contribution in [2.24, 2.45) is 0 Å². The highest BCUT2D eigenvalue weighted by Crippen LogP contribution is 2.22. The summed E-state index contributed by atoms with van der Waals surface area (Å²) >= 11 is 0. The smallest absolute Gasteiger partial charge is 0.366 e. The first-order valence-electron chi connectivity index (χ1n) is 5.09. The molecule has 1 aromatic rings. The van der Waals surface area contributed by atoms with Crippen LogP contribution in [0.15, 0.2) is 0 Å². The Balaban J connectivity index is 3.19. The zero-order chi connectivity index (χ0) is 13.7. The monoisotopic (exact) mass is 257 g/mol. The molecule has 1 rings (SSSR count). The molecule has 0 aliphatic carbocycles. The molecule has 0 unspecified atom stereocenters. The predicted octanol–water partition coefficient (Wildman–Crippen LogP) is 0.671. The molecule has 18 heavy (non-hydrogen) atoms. The molecule has 1 aromatic heterocycles. The minimum atomic E-state index is -0.976. The molecule has 0 aliphatic heterocycles. The van der Waals surface area contributed by atoms with E-state index in [1.165, 1.54) is 0 Å². The number of rotatable bonds is 5. The van der Waals surface area contributed by atoms with Crippen LogP contribution in [0.25, 0.3) is 0 Å². The molecule has 9 heteroatoms. The number of H-pyrrole nitrogens is 1. The second-order valence-electron chi connectivity index (χ2n) is 2.99. The zero-order valence-electron chi connectivity index (χ0n) is 9.76. The Morgan fingerprint density at radius 1 is 1.28 bits per heavy atom. The third kappa shape index (κ3) is 2.62. The lowest BCUT2D eigenvalue weighted by Crippen LogP contribution is -2.10. The fourth-order valence-corrected chi connectivity index (χ4v) is 1.20. The Bertz CT molecular complexity index is 445. The number of aromatic amines is 1. The van der Waals surface area contributed by atoms with Gasteiger partial charge in [0.15, 0.2) is 0 Å². The van der Waals surface area contributed by atoms with Crippen LogP contribution < -0.4 is 0 Å². The van der Waals surface area contributed by atoms with Crippen molar-refractivity contribution in [1.29, 1.82) is 0 Å². The molecular weight excluding hydrogens is 246 g/mol. The van der Waals surface area contributed by atoms with E-state index >= 15 is 0 Å². The highest BCUT2D eigenvalue weighted by Gasteiger charge is 2.34. The van der Waals surface area contributed by atoms with E-state index in [-0.39, 0.29) is 13.2 Å². The Kier molecular flexibility index (Phi) is 4.35. The van der Waals surface area contributed by atoms with E-state index in [0.717, 1.165) is 0 Å². The molecule has 9 nitrogen and oxygen atoms in total. The van der Waals surface area contributed by atoms with Gasteiger partial charge in [0.25, 0.3) is 0 Å². The summed E-state index contributed by atoms with van der Waals surface area (Å²) in [5.41, 5.74) is -1.78. The van der Waals surface area contributed by atoms with Crippen molar-refractivity contribution < 1.29 is 24.0 Å². The lowest BCUT2D eigenvalue weighted by Gasteiger charge is -1.99. The Labute approximate surface area is 101 Å². The molecule has 0 amide bonds.